The molecule has 2 unspecified atom stereocenters. The van der Waals surface area contributed by atoms with Crippen LogP contribution in [0.4, 0.5) is 0 Å². The Kier molecular flexibility index (Phi) is 7.83. The van der Waals surface area contributed by atoms with Gasteiger partial charge in [-0.1, -0.05) is 12.8 Å². The number of aliphatic hydroxyl groups excluding tert-OH is 1. The van der Waals surface area contributed by atoms with Crippen LogP contribution in [0, 0.1) is 0 Å². The van der Waals surface area contributed by atoms with Crippen LogP contribution in [0.2, 0.25) is 0 Å². The maximum absolute atomic E-state index is 9.76. The lowest BCUT2D eigenvalue weighted by atomic mass is 10.2. The van der Waals surface area contributed by atoms with Crippen molar-refractivity contribution in [3.8, 4) is 0 Å². The highest BCUT2D eigenvalue weighted by molar-refractivity contribution is 4.67. The molecule has 1 heterocycles. The highest BCUT2D eigenvalue weighted by Crippen LogP contribution is 2.20. The molecule has 0 aromatic rings. The predicted molar refractivity (Wildman–Crippen MR) is 76.9 cm³/mol. The average Bonchev–Trinajstić information content (AvgIpc) is 3.11. The third kappa shape index (κ3) is 6.50. The van der Waals surface area contributed by atoms with Crippen molar-refractivity contribution in [2.24, 2.45) is 0 Å². The van der Waals surface area contributed by atoms with Crippen LogP contribution in [0.25, 0.3) is 0 Å². The van der Waals surface area contributed by atoms with Gasteiger partial charge in [0.25, 0.3) is 0 Å². The predicted octanol–water partition coefficient (Wildman–Crippen LogP) is 1.09. The Morgan fingerprint density at radius 2 is 2.05 bits per heavy atom. The Morgan fingerprint density at radius 1 is 1.20 bits per heavy atom. The molecule has 2 aliphatic rings. The molecule has 0 spiro atoms. The van der Waals surface area contributed by atoms with Crippen molar-refractivity contribution in [3.05, 3.63) is 0 Å². The molecule has 5 nitrogen and oxygen atoms in total. The molecule has 2 N–H and O–H groups in total. The molecule has 0 aromatic heterocycles. The molecule has 1 aliphatic heterocycles. The second-order valence-corrected chi connectivity index (χ2v) is 5.81. The van der Waals surface area contributed by atoms with E-state index in [2.05, 4.69) is 5.32 Å². The van der Waals surface area contributed by atoms with Gasteiger partial charge in [-0.2, -0.15) is 0 Å². The fraction of sp³-hybridized carbons (Fsp3) is 1.00. The maximum atomic E-state index is 9.76. The lowest BCUT2D eigenvalue weighted by Gasteiger charge is -2.15. The molecule has 0 radical (unpaired) electrons. The zero-order valence-corrected chi connectivity index (χ0v) is 12.4. The first-order chi connectivity index (χ1) is 9.84. The number of aliphatic hydroxyl groups is 1. The van der Waals surface area contributed by atoms with E-state index in [9.17, 15) is 5.11 Å². The van der Waals surface area contributed by atoms with Gasteiger partial charge in [0, 0.05) is 19.7 Å². The minimum absolute atomic E-state index is 0.231. The molecule has 20 heavy (non-hydrogen) atoms. The van der Waals surface area contributed by atoms with E-state index in [1.165, 1.54) is 25.7 Å². The summed E-state index contributed by atoms with van der Waals surface area (Å²) in [5.74, 6) is 0. The van der Waals surface area contributed by atoms with Crippen molar-refractivity contribution in [2.45, 2.75) is 56.8 Å². The topological polar surface area (TPSA) is 60.0 Å². The summed E-state index contributed by atoms with van der Waals surface area (Å²) in [5.41, 5.74) is 0. The Hall–Kier alpha value is -0.200. The molecule has 0 bridgehead atoms. The number of rotatable bonds is 10. The zero-order chi connectivity index (χ0) is 14.0. The van der Waals surface area contributed by atoms with Gasteiger partial charge < -0.3 is 24.6 Å². The average molecular weight is 287 g/mol. The molecule has 1 saturated carbocycles. The van der Waals surface area contributed by atoms with Crippen LogP contribution < -0.4 is 5.32 Å². The Morgan fingerprint density at radius 3 is 2.80 bits per heavy atom. The van der Waals surface area contributed by atoms with E-state index in [-0.39, 0.29) is 6.10 Å². The van der Waals surface area contributed by atoms with E-state index in [1.54, 1.807) is 0 Å². The van der Waals surface area contributed by atoms with Gasteiger partial charge in [-0.3, -0.25) is 0 Å². The second-order valence-electron chi connectivity index (χ2n) is 5.81. The Balaban J connectivity index is 1.36. The summed E-state index contributed by atoms with van der Waals surface area (Å²) in [4.78, 5) is 0. The van der Waals surface area contributed by atoms with Gasteiger partial charge in [-0.15, -0.1) is 0 Å². The summed E-state index contributed by atoms with van der Waals surface area (Å²) in [6.07, 6.45) is 7.47. The van der Waals surface area contributed by atoms with Crippen molar-refractivity contribution >= 4 is 0 Å². The van der Waals surface area contributed by atoms with Gasteiger partial charge in [-0.25, -0.2) is 0 Å². The molecular weight excluding hydrogens is 258 g/mol. The molecule has 5 heteroatoms. The van der Waals surface area contributed by atoms with E-state index >= 15 is 0 Å². The van der Waals surface area contributed by atoms with Crippen LogP contribution in [0.3, 0.4) is 0 Å². The quantitative estimate of drug-likeness (QED) is 0.589. The summed E-state index contributed by atoms with van der Waals surface area (Å²) in [5, 5.41) is 13.0. The van der Waals surface area contributed by atoms with Crippen molar-refractivity contribution in [1.29, 1.82) is 0 Å². The Bertz CT molecular complexity index is 240. The van der Waals surface area contributed by atoms with E-state index in [0.29, 0.717) is 25.9 Å². The third-order valence-corrected chi connectivity index (χ3v) is 3.95. The first-order valence-corrected chi connectivity index (χ1v) is 8.04. The molecular formula is C15H29NO4. The van der Waals surface area contributed by atoms with E-state index in [1.807, 2.05) is 0 Å². The number of ether oxygens (including phenoxy) is 3. The molecule has 0 amide bonds. The summed E-state index contributed by atoms with van der Waals surface area (Å²) in [7, 11) is 0. The minimum atomic E-state index is -0.456. The number of hydrogen-bond acceptors (Lipinski definition) is 5. The smallest absolute Gasteiger partial charge is 0.0897 e. The van der Waals surface area contributed by atoms with Crippen LogP contribution in [-0.4, -0.2) is 62.9 Å². The van der Waals surface area contributed by atoms with Crippen LogP contribution in [0.1, 0.15) is 38.5 Å². The first kappa shape index (κ1) is 16.2. The largest absolute Gasteiger partial charge is 0.389 e. The summed E-state index contributed by atoms with van der Waals surface area (Å²) in [6.45, 7) is 3.89. The number of nitrogens with one attached hydrogen (secondary N) is 1. The van der Waals surface area contributed by atoms with E-state index in [0.717, 1.165) is 32.6 Å². The summed E-state index contributed by atoms with van der Waals surface area (Å²) in [6, 6.07) is 0. The second kappa shape index (κ2) is 9.68. The van der Waals surface area contributed by atoms with Crippen molar-refractivity contribution in [3.63, 3.8) is 0 Å². The Labute approximate surface area is 122 Å². The molecule has 0 aromatic carbocycles. The van der Waals surface area contributed by atoms with Crippen LogP contribution in [0.15, 0.2) is 0 Å². The van der Waals surface area contributed by atoms with Gasteiger partial charge in [-0.05, 0) is 25.7 Å². The van der Waals surface area contributed by atoms with Crippen LogP contribution >= 0.6 is 0 Å². The number of hydrogen-bond donors (Lipinski definition) is 2. The molecule has 118 valence electrons. The lowest BCUT2D eigenvalue weighted by molar-refractivity contribution is -0.0170. The third-order valence-electron chi connectivity index (χ3n) is 3.95. The van der Waals surface area contributed by atoms with Gasteiger partial charge in [0.05, 0.1) is 38.1 Å². The van der Waals surface area contributed by atoms with E-state index in [4.69, 9.17) is 14.2 Å². The highest BCUT2D eigenvalue weighted by atomic mass is 16.5. The zero-order valence-electron chi connectivity index (χ0n) is 12.4. The standard InChI is InChI=1S/C15H29NO4/c17-13(11-18-12-15-6-3-8-19-15)10-16-7-9-20-14-4-1-2-5-14/h13-17H,1-12H2. The van der Waals surface area contributed by atoms with Gasteiger partial charge >= 0.3 is 0 Å². The minimum Gasteiger partial charge on any atom is -0.389 e. The summed E-state index contributed by atoms with van der Waals surface area (Å²) < 4.78 is 16.7. The van der Waals surface area contributed by atoms with Crippen LogP contribution in [-0.2, 0) is 14.2 Å². The van der Waals surface area contributed by atoms with Crippen molar-refractivity contribution in [1.82, 2.24) is 5.32 Å². The van der Waals surface area contributed by atoms with Gasteiger partial charge in [0.15, 0.2) is 0 Å². The lowest BCUT2D eigenvalue weighted by Crippen LogP contribution is -2.33. The molecule has 1 saturated heterocycles. The fourth-order valence-corrected chi connectivity index (χ4v) is 2.79. The monoisotopic (exact) mass is 287 g/mol. The van der Waals surface area contributed by atoms with E-state index < -0.39 is 6.10 Å². The first-order valence-electron chi connectivity index (χ1n) is 8.04. The fourth-order valence-electron chi connectivity index (χ4n) is 2.79. The van der Waals surface area contributed by atoms with Crippen molar-refractivity contribution in [2.75, 3.05) is 39.5 Å². The van der Waals surface area contributed by atoms with Gasteiger partial charge in [0.1, 0.15) is 0 Å². The van der Waals surface area contributed by atoms with Crippen molar-refractivity contribution < 1.29 is 19.3 Å². The van der Waals surface area contributed by atoms with Crippen LogP contribution in [0.5, 0.6) is 0 Å². The van der Waals surface area contributed by atoms with Gasteiger partial charge in [0.2, 0.25) is 0 Å². The molecule has 2 rings (SSSR count). The maximum Gasteiger partial charge on any atom is 0.0897 e. The highest BCUT2D eigenvalue weighted by Gasteiger charge is 2.16. The molecule has 1 aliphatic carbocycles. The molecule has 2 atom stereocenters. The SMILES string of the molecule is OC(CNCCOC1CCCC1)COCC1CCCO1. The summed E-state index contributed by atoms with van der Waals surface area (Å²) >= 11 is 0. The molecule has 2 fully saturated rings. The normalized spacial score (nSPS) is 25.4.